The number of nitrogens with zero attached hydrogens (tertiary/aromatic N) is 1. The number of nitrogens with one attached hydrogen (secondary N) is 1. The molecule has 0 saturated carbocycles. The summed E-state index contributed by atoms with van der Waals surface area (Å²) in [5, 5.41) is 8.54. The van der Waals surface area contributed by atoms with Crippen molar-refractivity contribution >= 4 is 42.6 Å². The maximum Gasteiger partial charge on any atom is 0.329 e. The molecule has 0 aliphatic heterocycles. The number of carbonyl (C=O) groups excluding carboxylic acids is 1. The minimum atomic E-state index is -0.985. The molecule has 19 heavy (non-hydrogen) atoms. The highest BCUT2D eigenvalue weighted by molar-refractivity contribution is 5.85. The fourth-order valence-electron chi connectivity index (χ4n) is 1.02. The molecular formula is C10H21Cl2N3O4. The summed E-state index contributed by atoms with van der Waals surface area (Å²) in [6, 6.07) is -0.806. The maximum absolute atomic E-state index is 10.5. The molecule has 0 radical (unpaired) electrons. The summed E-state index contributed by atoms with van der Waals surface area (Å²) in [4.78, 5) is 29.5. The number of nitrogens with two attached hydrogens (primary N) is 1. The first-order chi connectivity index (χ1) is 7.93. The van der Waals surface area contributed by atoms with Gasteiger partial charge >= 0.3 is 11.9 Å². The first-order valence-corrected chi connectivity index (χ1v) is 5.36. The van der Waals surface area contributed by atoms with Crippen LogP contribution in [0.25, 0.3) is 0 Å². The molecular weight excluding hydrogens is 297 g/mol. The lowest BCUT2D eigenvalue weighted by Crippen LogP contribution is -2.29. The smallest absolute Gasteiger partial charge is 0.329 e. The number of carbonyl (C=O) groups is 2. The van der Waals surface area contributed by atoms with Crippen LogP contribution in [0.5, 0.6) is 0 Å². The van der Waals surface area contributed by atoms with Gasteiger partial charge in [0, 0.05) is 13.5 Å². The van der Waals surface area contributed by atoms with Gasteiger partial charge in [0.25, 0.3) is 0 Å². The van der Waals surface area contributed by atoms with E-state index in [1.54, 1.807) is 6.92 Å². The Morgan fingerprint density at radius 1 is 1.32 bits per heavy atom. The van der Waals surface area contributed by atoms with E-state index in [0.717, 1.165) is 6.42 Å². The Bertz CT molecular complexity index is 300. The summed E-state index contributed by atoms with van der Waals surface area (Å²) in [7, 11) is 0. The number of halogens is 2. The number of carboxylic acids is 1. The fourth-order valence-corrected chi connectivity index (χ4v) is 1.02. The Balaban J connectivity index is -0.00000128. The number of amidine groups is 1. The SMILES string of the molecule is CC(=O)ONC(C)=NCCCC[C@H](N)C(=O)O.Cl.Cl. The van der Waals surface area contributed by atoms with Crippen LogP contribution in [0.1, 0.15) is 33.1 Å². The highest BCUT2D eigenvalue weighted by Crippen LogP contribution is 1.99. The predicted octanol–water partition coefficient (Wildman–Crippen LogP) is 0.898. The van der Waals surface area contributed by atoms with Gasteiger partial charge in [-0.25, -0.2) is 5.48 Å². The number of hydrogen-bond donors (Lipinski definition) is 3. The van der Waals surface area contributed by atoms with Gasteiger partial charge in [0.1, 0.15) is 11.9 Å². The van der Waals surface area contributed by atoms with Crippen molar-refractivity contribution in [3.63, 3.8) is 0 Å². The zero-order valence-electron chi connectivity index (χ0n) is 10.9. The molecule has 7 nitrogen and oxygen atoms in total. The molecule has 0 bridgehead atoms. The van der Waals surface area contributed by atoms with Crippen LogP contribution >= 0.6 is 24.8 Å². The van der Waals surface area contributed by atoms with Crippen LogP contribution in [0.4, 0.5) is 0 Å². The van der Waals surface area contributed by atoms with E-state index in [0.29, 0.717) is 25.2 Å². The van der Waals surface area contributed by atoms with E-state index in [1.165, 1.54) is 6.92 Å². The van der Waals surface area contributed by atoms with Crippen LogP contribution in [0.3, 0.4) is 0 Å². The van der Waals surface area contributed by atoms with E-state index >= 15 is 0 Å². The van der Waals surface area contributed by atoms with Crippen molar-refractivity contribution in [3.05, 3.63) is 0 Å². The van der Waals surface area contributed by atoms with Crippen molar-refractivity contribution in [3.8, 4) is 0 Å². The molecule has 0 aromatic rings. The van der Waals surface area contributed by atoms with E-state index in [1.807, 2.05) is 0 Å². The molecule has 0 aliphatic carbocycles. The predicted molar refractivity (Wildman–Crippen MR) is 76.8 cm³/mol. The number of unbranched alkanes of at least 4 members (excludes halogenated alkanes) is 1. The Morgan fingerprint density at radius 3 is 2.37 bits per heavy atom. The second-order valence-corrected chi connectivity index (χ2v) is 3.60. The second-order valence-electron chi connectivity index (χ2n) is 3.60. The average Bonchev–Trinajstić information content (AvgIpc) is 2.25. The zero-order chi connectivity index (χ0) is 13.3. The van der Waals surface area contributed by atoms with Crippen LogP contribution in [0.15, 0.2) is 4.99 Å². The van der Waals surface area contributed by atoms with Gasteiger partial charge in [0.05, 0.1) is 0 Å². The van der Waals surface area contributed by atoms with Gasteiger partial charge in [-0.2, -0.15) is 0 Å². The number of rotatable bonds is 6. The van der Waals surface area contributed by atoms with Crippen molar-refractivity contribution < 1.29 is 19.5 Å². The van der Waals surface area contributed by atoms with Crippen LogP contribution in [0, 0.1) is 0 Å². The van der Waals surface area contributed by atoms with Crippen LogP contribution in [-0.2, 0) is 14.4 Å². The standard InChI is InChI=1S/C10H19N3O4.2ClH/c1-7(13-17-8(2)14)12-6-4-3-5-9(11)10(15)16;;/h9H,3-6,11H2,1-2H3,(H,12,13)(H,15,16);2*1H/t9-;;/m0../s1. The molecule has 9 heteroatoms. The van der Waals surface area contributed by atoms with Crippen LogP contribution in [0.2, 0.25) is 0 Å². The molecule has 0 rings (SSSR count). The molecule has 0 fully saturated rings. The molecule has 4 N–H and O–H groups in total. The van der Waals surface area contributed by atoms with Crippen LogP contribution in [-0.4, -0.2) is 35.5 Å². The van der Waals surface area contributed by atoms with Gasteiger partial charge in [0.2, 0.25) is 0 Å². The summed E-state index contributed by atoms with van der Waals surface area (Å²) in [5.41, 5.74) is 7.72. The van der Waals surface area contributed by atoms with E-state index < -0.39 is 18.0 Å². The summed E-state index contributed by atoms with van der Waals surface area (Å²) < 4.78 is 0. The topological polar surface area (TPSA) is 114 Å². The Hall–Kier alpha value is -1.05. The van der Waals surface area contributed by atoms with Crippen molar-refractivity contribution in [2.45, 2.75) is 39.2 Å². The Kier molecular flexibility index (Phi) is 16.3. The number of aliphatic imine (C=N–C) groups is 1. The number of hydrogen-bond acceptors (Lipinski definition) is 5. The fraction of sp³-hybridized carbons (Fsp3) is 0.700. The molecule has 0 unspecified atom stereocenters. The van der Waals surface area contributed by atoms with Gasteiger partial charge < -0.3 is 15.7 Å². The summed E-state index contributed by atoms with van der Waals surface area (Å²) in [6.07, 6.45) is 1.86. The molecule has 0 heterocycles. The molecule has 0 aliphatic rings. The molecule has 0 aromatic heterocycles. The van der Waals surface area contributed by atoms with Gasteiger partial charge in [-0.1, -0.05) is 0 Å². The third-order valence-electron chi connectivity index (χ3n) is 1.93. The third-order valence-corrected chi connectivity index (χ3v) is 1.93. The lowest BCUT2D eigenvalue weighted by molar-refractivity contribution is -0.145. The molecule has 0 saturated heterocycles. The summed E-state index contributed by atoms with van der Waals surface area (Å²) >= 11 is 0. The normalized spacial score (nSPS) is 11.6. The lowest BCUT2D eigenvalue weighted by Gasteiger charge is -2.05. The van der Waals surface area contributed by atoms with E-state index in [9.17, 15) is 9.59 Å². The first-order valence-electron chi connectivity index (χ1n) is 5.36. The van der Waals surface area contributed by atoms with Gasteiger partial charge in [-0.15, -0.1) is 24.8 Å². The number of aliphatic carboxylic acids is 1. The van der Waals surface area contributed by atoms with E-state index in [2.05, 4.69) is 15.3 Å². The van der Waals surface area contributed by atoms with Crippen molar-refractivity contribution in [1.82, 2.24) is 5.48 Å². The lowest BCUT2D eigenvalue weighted by atomic mass is 10.1. The monoisotopic (exact) mass is 317 g/mol. The highest BCUT2D eigenvalue weighted by Gasteiger charge is 2.09. The van der Waals surface area contributed by atoms with Gasteiger partial charge in [-0.3, -0.25) is 14.6 Å². The highest BCUT2D eigenvalue weighted by atomic mass is 35.5. The van der Waals surface area contributed by atoms with E-state index in [-0.39, 0.29) is 24.8 Å². The minimum Gasteiger partial charge on any atom is -0.480 e. The van der Waals surface area contributed by atoms with Crippen molar-refractivity contribution in [1.29, 1.82) is 0 Å². The molecule has 0 amide bonds. The first kappa shape index (κ1) is 23.1. The quantitative estimate of drug-likeness (QED) is 0.290. The largest absolute Gasteiger partial charge is 0.480 e. The second kappa shape index (κ2) is 13.4. The Morgan fingerprint density at radius 2 is 1.89 bits per heavy atom. The van der Waals surface area contributed by atoms with Crippen molar-refractivity contribution in [2.75, 3.05) is 6.54 Å². The zero-order valence-corrected chi connectivity index (χ0v) is 12.6. The van der Waals surface area contributed by atoms with Gasteiger partial charge in [-0.05, 0) is 26.2 Å². The summed E-state index contributed by atoms with van der Waals surface area (Å²) in [6.45, 7) is 3.49. The average molecular weight is 318 g/mol. The number of hydroxylamine groups is 1. The third kappa shape index (κ3) is 14.9. The molecule has 1 atom stereocenters. The molecule has 0 spiro atoms. The summed E-state index contributed by atoms with van der Waals surface area (Å²) in [5.74, 6) is -0.920. The molecule has 0 aromatic carbocycles. The Labute approximate surface area is 124 Å². The van der Waals surface area contributed by atoms with Crippen molar-refractivity contribution in [2.24, 2.45) is 10.7 Å². The minimum absolute atomic E-state index is 0. The maximum atomic E-state index is 10.5. The molecule has 114 valence electrons. The van der Waals surface area contributed by atoms with Gasteiger partial charge in [0.15, 0.2) is 0 Å². The van der Waals surface area contributed by atoms with Crippen LogP contribution < -0.4 is 11.2 Å². The number of carboxylic acid groups (broad SMARTS) is 1. The van der Waals surface area contributed by atoms with E-state index in [4.69, 9.17) is 10.8 Å².